The van der Waals surface area contributed by atoms with Gasteiger partial charge >= 0.3 is 0 Å². The topological polar surface area (TPSA) is 160 Å². The van der Waals surface area contributed by atoms with Gasteiger partial charge in [-0.3, -0.25) is 9.78 Å². The first-order valence-corrected chi connectivity index (χ1v) is 14.4. The average molecular weight is 611 g/mol. The lowest BCUT2D eigenvalue weighted by Crippen LogP contribution is -2.18. The van der Waals surface area contributed by atoms with E-state index in [-0.39, 0.29) is 18.9 Å². The van der Waals surface area contributed by atoms with Gasteiger partial charge in [0.25, 0.3) is 5.91 Å². The Hall–Kier alpha value is -4.70. The lowest BCUT2D eigenvalue weighted by molar-refractivity contribution is 0.102. The number of fused-ring (bicyclic) bond motifs is 1. The summed E-state index contributed by atoms with van der Waals surface area (Å²) in [7, 11) is 0. The summed E-state index contributed by atoms with van der Waals surface area (Å²) < 4.78 is 1.60. The maximum Gasteiger partial charge on any atom is 0.274 e. The van der Waals surface area contributed by atoms with Crippen LogP contribution in [0, 0.1) is 18.3 Å². The van der Waals surface area contributed by atoms with Crippen molar-refractivity contribution in [2.45, 2.75) is 20.0 Å². The fourth-order valence-corrected chi connectivity index (χ4v) is 5.09. The van der Waals surface area contributed by atoms with Crippen molar-refractivity contribution < 1.29 is 15.0 Å². The second-order valence-corrected chi connectivity index (χ2v) is 10.4. The number of nitrogens with zero attached hydrogens (tertiary/aromatic N) is 5. The van der Waals surface area contributed by atoms with E-state index >= 15 is 0 Å². The molecular weight excluding hydrogens is 580 g/mol. The molecule has 2 aromatic carbocycles. The Morgan fingerprint density at radius 3 is 2.39 bits per heavy atom. The summed E-state index contributed by atoms with van der Waals surface area (Å²) >= 11 is 6.86. The largest absolute Gasteiger partial charge is 0.395 e. The van der Waals surface area contributed by atoms with Crippen molar-refractivity contribution in [2.75, 3.05) is 31.6 Å². The van der Waals surface area contributed by atoms with Crippen LogP contribution in [-0.2, 0) is 13.1 Å². The fraction of sp³-hybridized carbons (Fsp3) is 0.219. The second kappa shape index (κ2) is 14.2. The highest BCUT2D eigenvalue weighted by molar-refractivity contribution is 6.36. The predicted octanol–water partition coefficient (Wildman–Crippen LogP) is 3.71. The monoisotopic (exact) mass is 610 g/mol. The molecule has 0 saturated carbocycles. The number of carbonyl (C=O) groups is 1. The zero-order valence-corrected chi connectivity index (χ0v) is 24.8. The molecule has 0 saturated heterocycles. The lowest BCUT2D eigenvalue weighted by atomic mass is 9.95. The molecule has 0 aliphatic rings. The van der Waals surface area contributed by atoms with Crippen LogP contribution in [0.3, 0.4) is 0 Å². The van der Waals surface area contributed by atoms with Gasteiger partial charge in [-0.05, 0) is 47.4 Å². The predicted molar refractivity (Wildman–Crippen MR) is 168 cm³/mol. The molecule has 5 aromatic rings. The summed E-state index contributed by atoms with van der Waals surface area (Å²) in [6, 6.07) is 18.6. The number of aliphatic hydroxyl groups is 2. The molecule has 5 N–H and O–H groups in total. The van der Waals surface area contributed by atoms with Crippen LogP contribution >= 0.6 is 11.6 Å². The molecule has 5 rings (SSSR count). The Bertz CT molecular complexity index is 1830. The minimum atomic E-state index is -0.391. The van der Waals surface area contributed by atoms with E-state index in [0.717, 1.165) is 33.4 Å². The molecule has 12 heteroatoms. The van der Waals surface area contributed by atoms with Crippen molar-refractivity contribution in [3.63, 3.8) is 0 Å². The maximum absolute atomic E-state index is 13.0. The molecule has 3 aromatic heterocycles. The summed E-state index contributed by atoms with van der Waals surface area (Å²) in [6.45, 7) is 3.95. The number of hydrogen-bond donors (Lipinski definition) is 5. The number of nitriles is 1. The number of carbonyl (C=O) groups excluding carboxylic acids is 1. The standard InChI is InChI=1S/C32H31ClN8O3/c1-20-24(4-2-5-25(20)30-39-31-23(15-34)14-22(17-36-11-13-43)19-41(31)40-30)26-6-3-7-27(29(26)33)38-32(44)28-9-8-21(18-37-28)16-35-10-12-42/h2-9,14,18-19,35-36,42-43H,10-13,16-17H2,1H3,(H,38,44). The summed E-state index contributed by atoms with van der Waals surface area (Å²) in [5.41, 5.74) is 6.50. The van der Waals surface area contributed by atoms with Crippen LogP contribution in [0.15, 0.2) is 67.0 Å². The normalized spacial score (nSPS) is 11.1. The second-order valence-electron chi connectivity index (χ2n) is 10.0. The van der Waals surface area contributed by atoms with E-state index in [1.807, 2.05) is 43.5 Å². The number of benzene rings is 2. The third kappa shape index (κ3) is 6.75. The number of halogens is 1. The highest BCUT2D eigenvalue weighted by Crippen LogP contribution is 2.38. The van der Waals surface area contributed by atoms with Crippen LogP contribution in [0.1, 0.15) is 32.7 Å². The van der Waals surface area contributed by atoms with Crippen LogP contribution in [0.4, 0.5) is 5.69 Å². The van der Waals surface area contributed by atoms with Gasteiger partial charge in [-0.25, -0.2) is 9.50 Å². The van der Waals surface area contributed by atoms with E-state index in [1.165, 1.54) is 0 Å². The van der Waals surface area contributed by atoms with Crippen LogP contribution in [0.25, 0.3) is 28.2 Å². The van der Waals surface area contributed by atoms with E-state index in [9.17, 15) is 10.1 Å². The van der Waals surface area contributed by atoms with Crippen LogP contribution < -0.4 is 16.0 Å². The fourth-order valence-electron chi connectivity index (χ4n) is 4.81. The number of aromatic nitrogens is 4. The molecule has 0 aliphatic carbocycles. The Balaban J connectivity index is 1.41. The van der Waals surface area contributed by atoms with Crippen molar-refractivity contribution in [3.05, 3.63) is 100.0 Å². The molecule has 3 heterocycles. The molecule has 0 radical (unpaired) electrons. The van der Waals surface area contributed by atoms with E-state index in [4.69, 9.17) is 21.8 Å². The van der Waals surface area contributed by atoms with Crippen molar-refractivity contribution in [3.8, 4) is 28.6 Å². The van der Waals surface area contributed by atoms with Gasteiger partial charge < -0.3 is 26.2 Å². The molecule has 1 amide bonds. The first-order valence-electron chi connectivity index (χ1n) is 14.0. The number of pyridine rings is 2. The van der Waals surface area contributed by atoms with Crippen molar-refractivity contribution >= 4 is 28.8 Å². The number of amides is 1. The molecule has 44 heavy (non-hydrogen) atoms. The maximum atomic E-state index is 13.0. The third-order valence-corrected chi connectivity index (χ3v) is 7.42. The average Bonchev–Trinajstić information content (AvgIpc) is 3.46. The van der Waals surface area contributed by atoms with Gasteiger partial charge in [-0.15, -0.1) is 5.10 Å². The molecule has 224 valence electrons. The van der Waals surface area contributed by atoms with E-state index in [0.29, 0.717) is 53.9 Å². The van der Waals surface area contributed by atoms with Gasteiger partial charge in [0, 0.05) is 49.7 Å². The van der Waals surface area contributed by atoms with Gasteiger partial charge in [-0.2, -0.15) is 5.26 Å². The Kier molecular flexibility index (Phi) is 9.91. The minimum absolute atomic E-state index is 0.0200. The van der Waals surface area contributed by atoms with Gasteiger partial charge in [-0.1, -0.05) is 48.0 Å². The Morgan fingerprint density at radius 1 is 0.977 bits per heavy atom. The Labute approximate surface area is 259 Å². The van der Waals surface area contributed by atoms with Crippen LogP contribution in [0.5, 0.6) is 0 Å². The SMILES string of the molecule is Cc1c(-c2nc3c(C#N)cc(CNCCO)cn3n2)cccc1-c1cccc(NC(=O)c2ccc(CNCCO)cn2)c1Cl. The number of hydrogen-bond acceptors (Lipinski definition) is 9. The molecule has 0 atom stereocenters. The smallest absolute Gasteiger partial charge is 0.274 e. The van der Waals surface area contributed by atoms with Crippen LogP contribution in [-0.4, -0.2) is 62.0 Å². The highest BCUT2D eigenvalue weighted by Gasteiger charge is 2.18. The number of anilines is 1. The van der Waals surface area contributed by atoms with Crippen molar-refractivity contribution in [1.29, 1.82) is 5.26 Å². The molecule has 0 aliphatic heterocycles. The first-order chi connectivity index (χ1) is 21.4. The van der Waals surface area contributed by atoms with Gasteiger partial charge in [0.15, 0.2) is 11.5 Å². The van der Waals surface area contributed by atoms with Gasteiger partial charge in [0.2, 0.25) is 0 Å². The zero-order chi connectivity index (χ0) is 31.1. The highest BCUT2D eigenvalue weighted by atomic mass is 35.5. The quantitative estimate of drug-likeness (QED) is 0.133. The summed E-state index contributed by atoms with van der Waals surface area (Å²) in [5, 5.41) is 41.8. The van der Waals surface area contributed by atoms with E-state index < -0.39 is 5.91 Å². The molecule has 0 spiro atoms. The molecule has 11 nitrogen and oxygen atoms in total. The minimum Gasteiger partial charge on any atom is -0.395 e. The number of nitrogens with one attached hydrogen (secondary N) is 3. The number of aliphatic hydroxyl groups excluding tert-OH is 2. The number of rotatable bonds is 12. The third-order valence-electron chi connectivity index (χ3n) is 7.02. The molecule has 0 unspecified atom stereocenters. The molecular formula is C32H31ClN8O3. The summed E-state index contributed by atoms with van der Waals surface area (Å²) in [6.07, 6.45) is 3.43. The van der Waals surface area contributed by atoms with Gasteiger partial charge in [0.1, 0.15) is 11.8 Å². The molecule has 0 fully saturated rings. The summed E-state index contributed by atoms with van der Waals surface area (Å²) in [5.74, 6) is 0.0699. The zero-order valence-electron chi connectivity index (χ0n) is 24.0. The lowest BCUT2D eigenvalue weighted by Gasteiger charge is -2.14. The molecule has 0 bridgehead atoms. The first kappa shape index (κ1) is 30.7. The van der Waals surface area contributed by atoms with E-state index in [2.05, 4.69) is 37.1 Å². The Morgan fingerprint density at radius 2 is 1.68 bits per heavy atom. The van der Waals surface area contributed by atoms with Crippen molar-refractivity contribution in [1.82, 2.24) is 30.2 Å². The van der Waals surface area contributed by atoms with E-state index in [1.54, 1.807) is 35.0 Å². The summed E-state index contributed by atoms with van der Waals surface area (Å²) in [4.78, 5) is 21.9. The van der Waals surface area contributed by atoms with Gasteiger partial charge in [0.05, 0.1) is 29.5 Å². The van der Waals surface area contributed by atoms with Crippen molar-refractivity contribution in [2.24, 2.45) is 0 Å². The van der Waals surface area contributed by atoms with Crippen LogP contribution in [0.2, 0.25) is 5.02 Å².